The van der Waals surface area contributed by atoms with Crippen molar-refractivity contribution >= 4 is 10.8 Å². The average molecular weight is 216 g/mol. The highest BCUT2D eigenvalue weighted by atomic mass is 32.2. The molecule has 0 spiro atoms. The zero-order chi connectivity index (χ0) is 10.8. The first-order valence-electron chi connectivity index (χ1n) is 4.25. The van der Waals surface area contributed by atoms with Gasteiger partial charge in [-0.2, -0.15) is 0 Å². The second-order valence-electron chi connectivity index (χ2n) is 3.73. The Labute approximate surface area is 85.2 Å². The Morgan fingerprint density at radius 1 is 1.43 bits per heavy atom. The van der Waals surface area contributed by atoms with E-state index in [-0.39, 0.29) is 10.6 Å². The van der Waals surface area contributed by atoms with Crippen LogP contribution in [0, 0.1) is 5.82 Å². The summed E-state index contributed by atoms with van der Waals surface area (Å²) in [6.45, 7) is 3.09. The van der Waals surface area contributed by atoms with Crippen molar-refractivity contribution in [3.8, 4) is 0 Å². The van der Waals surface area contributed by atoms with Gasteiger partial charge in [-0.25, -0.2) is 4.39 Å². The zero-order valence-corrected chi connectivity index (χ0v) is 8.97. The third-order valence-electron chi connectivity index (χ3n) is 1.57. The van der Waals surface area contributed by atoms with Gasteiger partial charge >= 0.3 is 0 Å². The Bertz CT molecular complexity index is 344. The molecule has 1 rings (SSSR count). The lowest BCUT2D eigenvalue weighted by Gasteiger charge is -2.16. The maximum atomic E-state index is 13.1. The smallest absolute Gasteiger partial charge is 0.139 e. The van der Waals surface area contributed by atoms with Crippen molar-refractivity contribution in [2.45, 2.75) is 24.3 Å². The Morgan fingerprint density at radius 2 is 2.00 bits per heavy atom. The molecule has 1 aromatic carbocycles. The Morgan fingerprint density at radius 3 is 2.50 bits per heavy atom. The highest BCUT2D eigenvalue weighted by Gasteiger charge is 2.19. The van der Waals surface area contributed by atoms with Gasteiger partial charge in [-0.05, 0) is 26.0 Å². The standard InChI is InChI=1S/C10H13FO2S/c1-10(2,12)7-14(13)9-6-4-3-5-8(9)11/h3-6,12H,7H2,1-2H3. The third kappa shape index (κ3) is 3.20. The van der Waals surface area contributed by atoms with Gasteiger partial charge in [0, 0.05) is 0 Å². The maximum absolute atomic E-state index is 13.1. The second kappa shape index (κ2) is 4.19. The number of hydrogen-bond acceptors (Lipinski definition) is 2. The quantitative estimate of drug-likeness (QED) is 0.835. The van der Waals surface area contributed by atoms with E-state index in [1.165, 1.54) is 12.1 Å². The van der Waals surface area contributed by atoms with E-state index in [0.29, 0.717) is 0 Å². The number of halogens is 1. The predicted molar refractivity (Wildman–Crippen MR) is 54.0 cm³/mol. The molecule has 1 aromatic rings. The van der Waals surface area contributed by atoms with Crippen LogP contribution in [0.15, 0.2) is 29.2 Å². The minimum atomic E-state index is -1.49. The summed E-state index contributed by atoms with van der Waals surface area (Å²) in [5.74, 6) is -0.455. The van der Waals surface area contributed by atoms with Crippen molar-refractivity contribution in [1.29, 1.82) is 0 Å². The number of hydrogen-bond donors (Lipinski definition) is 1. The molecule has 78 valence electrons. The fourth-order valence-electron chi connectivity index (χ4n) is 1.03. The molecule has 0 aromatic heterocycles. The van der Waals surface area contributed by atoms with Gasteiger partial charge in [-0.15, -0.1) is 0 Å². The molecule has 0 saturated carbocycles. The van der Waals surface area contributed by atoms with E-state index in [1.54, 1.807) is 26.0 Å². The largest absolute Gasteiger partial charge is 0.389 e. The minimum absolute atomic E-state index is 0.0356. The lowest BCUT2D eigenvalue weighted by atomic mass is 10.2. The molecule has 1 atom stereocenters. The first kappa shape index (κ1) is 11.3. The average Bonchev–Trinajstić information content (AvgIpc) is 2.01. The van der Waals surface area contributed by atoms with Crippen molar-refractivity contribution in [2.75, 3.05) is 5.75 Å². The number of aliphatic hydroxyl groups is 1. The minimum Gasteiger partial charge on any atom is -0.389 e. The highest BCUT2D eigenvalue weighted by Crippen LogP contribution is 2.15. The Hall–Kier alpha value is -0.740. The summed E-state index contributed by atoms with van der Waals surface area (Å²) in [6.07, 6.45) is 0. The van der Waals surface area contributed by atoms with Crippen molar-refractivity contribution in [3.63, 3.8) is 0 Å². The summed E-state index contributed by atoms with van der Waals surface area (Å²) in [4.78, 5) is 0.148. The van der Waals surface area contributed by atoms with E-state index in [0.717, 1.165) is 0 Å². The molecule has 14 heavy (non-hydrogen) atoms. The first-order chi connectivity index (χ1) is 6.40. The third-order valence-corrected chi connectivity index (χ3v) is 3.36. The fourth-order valence-corrected chi connectivity index (χ4v) is 2.34. The summed E-state index contributed by atoms with van der Waals surface area (Å²) >= 11 is 0. The molecule has 2 nitrogen and oxygen atoms in total. The topological polar surface area (TPSA) is 37.3 Å². The van der Waals surface area contributed by atoms with Crippen LogP contribution in [0.1, 0.15) is 13.8 Å². The first-order valence-corrected chi connectivity index (χ1v) is 5.57. The zero-order valence-electron chi connectivity index (χ0n) is 8.16. The van der Waals surface area contributed by atoms with Crippen molar-refractivity contribution < 1.29 is 13.7 Å². The van der Waals surface area contributed by atoms with Crippen molar-refractivity contribution in [1.82, 2.24) is 0 Å². The molecular weight excluding hydrogens is 203 g/mol. The van der Waals surface area contributed by atoms with Gasteiger partial charge < -0.3 is 5.11 Å². The summed E-state index contributed by atoms with van der Waals surface area (Å²) in [5.41, 5.74) is -1.05. The van der Waals surface area contributed by atoms with Crippen LogP contribution >= 0.6 is 0 Å². The molecule has 0 aliphatic heterocycles. The van der Waals surface area contributed by atoms with Crippen LogP contribution in [0.3, 0.4) is 0 Å². The summed E-state index contributed by atoms with van der Waals surface area (Å²) < 4.78 is 24.7. The molecule has 0 radical (unpaired) electrons. The van der Waals surface area contributed by atoms with Crippen LogP contribution in [-0.2, 0) is 10.8 Å². The van der Waals surface area contributed by atoms with Crippen LogP contribution in [0.4, 0.5) is 4.39 Å². The molecule has 0 aliphatic carbocycles. The monoisotopic (exact) mass is 216 g/mol. The molecular formula is C10H13FO2S. The molecule has 0 saturated heterocycles. The van der Waals surface area contributed by atoms with Crippen LogP contribution in [0.5, 0.6) is 0 Å². The van der Waals surface area contributed by atoms with Crippen LogP contribution in [-0.4, -0.2) is 20.7 Å². The fraction of sp³-hybridized carbons (Fsp3) is 0.400. The molecule has 0 fully saturated rings. The van der Waals surface area contributed by atoms with E-state index < -0.39 is 22.2 Å². The molecule has 1 unspecified atom stereocenters. The van der Waals surface area contributed by atoms with Gasteiger partial charge in [0.05, 0.1) is 27.0 Å². The normalized spacial score (nSPS) is 14.0. The van der Waals surface area contributed by atoms with Gasteiger partial charge in [-0.3, -0.25) is 4.21 Å². The van der Waals surface area contributed by atoms with E-state index in [1.807, 2.05) is 0 Å². The van der Waals surface area contributed by atoms with Crippen molar-refractivity contribution in [2.24, 2.45) is 0 Å². The van der Waals surface area contributed by atoms with E-state index >= 15 is 0 Å². The van der Waals surface area contributed by atoms with Crippen LogP contribution in [0.2, 0.25) is 0 Å². The van der Waals surface area contributed by atoms with Crippen LogP contribution < -0.4 is 0 Å². The van der Waals surface area contributed by atoms with E-state index in [4.69, 9.17) is 0 Å². The van der Waals surface area contributed by atoms with Gasteiger partial charge in [0.1, 0.15) is 5.82 Å². The van der Waals surface area contributed by atoms with Crippen LogP contribution in [0.25, 0.3) is 0 Å². The number of rotatable bonds is 3. The summed E-state index contributed by atoms with van der Waals surface area (Å²) in [6, 6.07) is 5.90. The Kier molecular flexibility index (Phi) is 3.39. The van der Waals surface area contributed by atoms with Gasteiger partial charge in [0.15, 0.2) is 0 Å². The lowest BCUT2D eigenvalue weighted by Crippen LogP contribution is -2.27. The second-order valence-corrected chi connectivity index (χ2v) is 5.15. The van der Waals surface area contributed by atoms with Gasteiger partial charge in [0.25, 0.3) is 0 Å². The molecule has 1 N–H and O–H groups in total. The Balaban J connectivity index is 2.86. The highest BCUT2D eigenvalue weighted by molar-refractivity contribution is 7.85. The maximum Gasteiger partial charge on any atom is 0.139 e. The van der Waals surface area contributed by atoms with E-state index in [2.05, 4.69) is 0 Å². The number of benzene rings is 1. The molecule has 0 bridgehead atoms. The summed E-state index contributed by atoms with van der Waals surface area (Å²) in [7, 11) is -1.49. The van der Waals surface area contributed by atoms with Crippen molar-refractivity contribution in [3.05, 3.63) is 30.1 Å². The lowest BCUT2D eigenvalue weighted by molar-refractivity contribution is 0.106. The van der Waals surface area contributed by atoms with E-state index in [9.17, 15) is 13.7 Å². The molecule has 0 amide bonds. The molecule has 0 heterocycles. The molecule has 0 aliphatic rings. The SMILES string of the molecule is CC(C)(O)CS(=O)c1ccccc1F. The summed E-state index contributed by atoms with van der Waals surface area (Å²) in [5, 5.41) is 9.42. The predicted octanol–water partition coefficient (Wildman–Crippen LogP) is 1.70. The molecule has 4 heteroatoms. The van der Waals surface area contributed by atoms with Gasteiger partial charge in [-0.1, -0.05) is 12.1 Å². The van der Waals surface area contributed by atoms with Gasteiger partial charge in [0.2, 0.25) is 0 Å².